The Kier molecular flexibility index (Phi) is 6.69. The lowest BCUT2D eigenvalue weighted by Gasteiger charge is -2.13. The van der Waals surface area contributed by atoms with Crippen LogP contribution in [0.3, 0.4) is 0 Å². The molecule has 0 fully saturated rings. The summed E-state index contributed by atoms with van der Waals surface area (Å²) in [6.07, 6.45) is 7.38. The largest absolute Gasteiger partial charge is 0.443 e. The van der Waals surface area contributed by atoms with Crippen LogP contribution in [0.4, 0.5) is 0 Å². The first-order chi connectivity index (χ1) is 13.9. The molecule has 29 heavy (non-hydrogen) atoms. The molecule has 7 nitrogen and oxygen atoms in total. The van der Waals surface area contributed by atoms with Gasteiger partial charge in [-0.25, -0.2) is 15.0 Å². The molecule has 2 heterocycles. The summed E-state index contributed by atoms with van der Waals surface area (Å²) in [7, 11) is 0. The SMILES string of the molecule is CCNC(=NCc1cccc(Cn2ccnc2)c1)NCc1ncc(C(C)(C)C)o1. The predicted molar refractivity (Wildman–Crippen MR) is 115 cm³/mol. The van der Waals surface area contributed by atoms with Gasteiger partial charge < -0.3 is 19.6 Å². The van der Waals surface area contributed by atoms with Gasteiger partial charge in [-0.2, -0.15) is 0 Å². The minimum atomic E-state index is -0.0500. The van der Waals surface area contributed by atoms with E-state index in [1.807, 2.05) is 19.4 Å². The molecule has 0 atom stereocenters. The van der Waals surface area contributed by atoms with Crippen LogP contribution in [0.15, 0.2) is 58.6 Å². The average Bonchev–Trinajstić information content (AvgIpc) is 3.36. The van der Waals surface area contributed by atoms with Crippen molar-refractivity contribution in [1.82, 2.24) is 25.2 Å². The van der Waals surface area contributed by atoms with Crippen LogP contribution >= 0.6 is 0 Å². The second-order valence-electron chi connectivity index (χ2n) is 7.97. The minimum absolute atomic E-state index is 0.0500. The van der Waals surface area contributed by atoms with E-state index in [2.05, 4.69) is 70.2 Å². The van der Waals surface area contributed by atoms with Crippen LogP contribution in [0.2, 0.25) is 0 Å². The van der Waals surface area contributed by atoms with Gasteiger partial charge >= 0.3 is 0 Å². The molecule has 3 aromatic rings. The van der Waals surface area contributed by atoms with Gasteiger partial charge in [-0.15, -0.1) is 0 Å². The number of imidazole rings is 1. The van der Waals surface area contributed by atoms with Gasteiger partial charge in [0.15, 0.2) is 5.96 Å². The topological polar surface area (TPSA) is 80.3 Å². The lowest BCUT2D eigenvalue weighted by Crippen LogP contribution is -2.36. The van der Waals surface area contributed by atoms with Crippen molar-refractivity contribution >= 4 is 5.96 Å². The van der Waals surface area contributed by atoms with Crippen molar-refractivity contribution in [3.63, 3.8) is 0 Å². The fourth-order valence-corrected chi connectivity index (χ4v) is 2.83. The summed E-state index contributed by atoms with van der Waals surface area (Å²) in [5, 5.41) is 6.56. The molecular weight excluding hydrogens is 364 g/mol. The number of hydrogen-bond donors (Lipinski definition) is 2. The Labute approximate surface area is 172 Å². The third-order valence-corrected chi connectivity index (χ3v) is 4.38. The Morgan fingerprint density at radius 3 is 2.72 bits per heavy atom. The molecule has 0 unspecified atom stereocenters. The number of guanidine groups is 1. The zero-order valence-electron chi connectivity index (χ0n) is 17.6. The first-order valence-electron chi connectivity index (χ1n) is 9.95. The molecule has 0 aliphatic rings. The molecule has 0 amide bonds. The summed E-state index contributed by atoms with van der Waals surface area (Å²) in [6.45, 7) is 11.0. The quantitative estimate of drug-likeness (QED) is 0.474. The van der Waals surface area contributed by atoms with Crippen molar-refractivity contribution < 1.29 is 4.42 Å². The molecule has 3 rings (SSSR count). The molecule has 154 valence electrons. The predicted octanol–water partition coefficient (Wildman–Crippen LogP) is 3.47. The molecule has 0 bridgehead atoms. The van der Waals surface area contributed by atoms with E-state index in [1.54, 1.807) is 12.4 Å². The molecule has 0 spiro atoms. The zero-order chi connectivity index (χ0) is 20.7. The second kappa shape index (κ2) is 9.41. The smallest absolute Gasteiger partial charge is 0.213 e. The number of nitrogens with one attached hydrogen (secondary N) is 2. The van der Waals surface area contributed by atoms with Gasteiger partial charge in [-0.1, -0.05) is 45.0 Å². The molecule has 1 aromatic carbocycles. The molecule has 0 aliphatic heterocycles. The summed E-state index contributed by atoms with van der Waals surface area (Å²) >= 11 is 0. The maximum Gasteiger partial charge on any atom is 0.213 e. The highest BCUT2D eigenvalue weighted by Gasteiger charge is 2.19. The highest BCUT2D eigenvalue weighted by molar-refractivity contribution is 5.79. The molecule has 0 saturated heterocycles. The maximum atomic E-state index is 5.84. The van der Waals surface area contributed by atoms with E-state index in [-0.39, 0.29) is 5.41 Å². The van der Waals surface area contributed by atoms with Crippen LogP contribution in [0.25, 0.3) is 0 Å². The van der Waals surface area contributed by atoms with E-state index in [0.717, 1.165) is 30.4 Å². The summed E-state index contributed by atoms with van der Waals surface area (Å²) in [5.41, 5.74) is 2.33. The summed E-state index contributed by atoms with van der Waals surface area (Å²) in [4.78, 5) is 13.2. The monoisotopic (exact) mass is 394 g/mol. The number of hydrogen-bond acceptors (Lipinski definition) is 4. The van der Waals surface area contributed by atoms with Gasteiger partial charge in [0, 0.05) is 30.9 Å². The summed E-state index contributed by atoms with van der Waals surface area (Å²) in [6, 6.07) is 8.45. The average molecular weight is 395 g/mol. The highest BCUT2D eigenvalue weighted by atomic mass is 16.4. The molecular formula is C22H30N6O. The van der Waals surface area contributed by atoms with Crippen LogP contribution in [-0.4, -0.2) is 27.0 Å². The zero-order valence-corrected chi connectivity index (χ0v) is 17.6. The second-order valence-corrected chi connectivity index (χ2v) is 7.97. The number of nitrogens with zero attached hydrogens (tertiary/aromatic N) is 4. The van der Waals surface area contributed by atoms with E-state index in [4.69, 9.17) is 9.41 Å². The van der Waals surface area contributed by atoms with E-state index >= 15 is 0 Å². The lowest BCUT2D eigenvalue weighted by atomic mass is 9.94. The van der Waals surface area contributed by atoms with Crippen molar-refractivity contribution in [2.75, 3.05) is 6.54 Å². The lowest BCUT2D eigenvalue weighted by molar-refractivity contribution is 0.379. The van der Waals surface area contributed by atoms with Crippen LogP contribution in [-0.2, 0) is 25.0 Å². The van der Waals surface area contributed by atoms with Gasteiger partial charge in [0.05, 0.1) is 25.6 Å². The summed E-state index contributed by atoms with van der Waals surface area (Å²) < 4.78 is 7.89. The minimum Gasteiger partial charge on any atom is -0.443 e. The van der Waals surface area contributed by atoms with Crippen molar-refractivity contribution in [3.05, 3.63) is 72.0 Å². The molecule has 2 aromatic heterocycles. The normalized spacial score (nSPS) is 12.2. The fraction of sp³-hybridized carbons (Fsp3) is 0.409. The number of oxazole rings is 1. The van der Waals surface area contributed by atoms with Crippen molar-refractivity contribution in [2.24, 2.45) is 4.99 Å². The molecule has 7 heteroatoms. The van der Waals surface area contributed by atoms with E-state index in [9.17, 15) is 0 Å². The van der Waals surface area contributed by atoms with Gasteiger partial charge in [-0.05, 0) is 18.1 Å². The third-order valence-electron chi connectivity index (χ3n) is 4.38. The van der Waals surface area contributed by atoms with Gasteiger partial charge in [0.25, 0.3) is 0 Å². The van der Waals surface area contributed by atoms with Crippen LogP contribution in [0.1, 0.15) is 50.5 Å². The molecule has 2 N–H and O–H groups in total. The Hall–Kier alpha value is -3.09. The summed E-state index contributed by atoms with van der Waals surface area (Å²) in [5.74, 6) is 2.27. The van der Waals surface area contributed by atoms with Crippen molar-refractivity contribution in [2.45, 2.75) is 52.7 Å². The highest BCUT2D eigenvalue weighted by Crippen LogP contribution is 2.22. The van der Waals surface area contributed by atoms with Gasteiger partial charge in [0.2, 0.25) is 5.89 Å². The fourth-order valence-electron chi connectivity index (χ4n) is 2.83. The van der Waals surface area contributed by atoms with Gasteiger partial charge in [-0.3, -0.25) is 0 Å². The molecule has 0 radical (unpaired) electrons. The van der Waals surface area contributed by atoms with Gasteiger partial charge in [0.1, 0.15) is 5.76 Å². The van der Waals surface area contributed by atoms with E-state index in [0.29, 0.717) is 19.0 Å². The third kappa shape index (κ3) is 6.20. The first kappa shape index (κ1) is 20.6. The Morgan fingerprint density at radius 2 is 2.03 bits per heavy atom. The maximum absolute atomic E-state index is 5.84. The number of aliphatic imine (C=N–C) groups is 1. The van der Waals surface area contributed by atoms with E-state index < -0.39 is 0 Å². The van der Waals surface area contributed by atoms with Crippen molar-refractivity contribution in [3.8, 4) is 0 Å². The molecule has 0 aliphatic carbocycles. The number of aromatic nitrogens is 3. The van der Waals surface area contributed by atoms with Crippen molar-refractivity contribution in [1.29, 1.82) is 0 Å². The standard InChI is InChI=1S/C22H30N6O/c1-5-24-21(27-14-20-25-13-19(29-20)22(2,3)4)26-12-17-7-6-8-18(11-17)15-28-10-9-23-16-28/h6-11,13,16H,5,12,14-15H2,1-4H3,(H2,24,26,27). The van der Waals surface area contributed by atoms with E-state index in [1.165, 1.54) is 5.56 Å². The Balaban J connectivity index is 1.61. The Morgan fingerprint density at radius 1 is 1.21 bits per heavy atom. The Bertz CT molecular complexity index is 921. The van der Waals surface area contributed by atoms with Crippen LogP contribution < -0.4 is 10.6 Å². The molecule has 0 saturated carbocycles. The van der Waals surface area contributed by atoms with Crippen LogP contribution in [0, 0.1) is 0 Å². The first-order valence-corrected chi connectivity index (χ1v) is 9.95. The van der Waals surface area contributed by atoms with Crippen LogP contribution in [0.5, 0.6) is 0 Å². The number of benzene rings is 1. The number of rotatable bonds is 7.